The Morgan fingerprint density at radius 1 is 1.45 bits per heavy atom. The van der Waals surface area contributed by atoms with E-state index in [1.807, 2.05) is 6.92 Å². The second-order valence-corrected chi connectivity index (χ2v) is 5.60. The molecule has 2 N–H and O–H groups in total. The van der Waals surface area contributed by atoms with Gasteiger partial charge in [0.05, 0.1) is 11.6 Å². The summed E-state index contributed by atoms with van der Waals surface area (Å²) < 4.78 is 38.8. The summed E-state index contributed by atoms with van der Waals surface area (Å²) in [5, 5.41) is 5.78. The van der Waals surface area contributed by atoms with Crippen LogP contribution < -0.4 is 10.6 Å². The second kappa shape index (κ2) is 6.64. The maximum atomic E-state index is 12.9. The van der Waals surface area contributed by atoms with E-state index in [9.17, 15) is 18.0 Å². The molecule has 2 rings (SSSR count). The highest BCUT2D eigenvalue weighted by Crippen LogP contribution is 2.31. The fourth-order valence-electron chi connectivity index (χ4n) is 2.67. The van der Waals surface area contributed by atoms with E-state index < -0.39 is 11.7 Å². The predicted octanol–water partition coefficient (Wildman–Crippen LogP) is 2.56. The summed E-state index contributed by atoms with van der Waals surface area (Å²) in [6, 6.07) is 1.35. The molecule has 0 aliphatic carbocycles. The maximum Gasteiger partial charge on any atom is 0.418 e. The molecule has 1 aliphatic heterocycles. The molecule has 0 radical (unpaired) electrons. The Hall–Kier alpha value is -1.63. The van der Waals surface area contributed by atoms with Crippen LogP contribution in [0.25, 0.3) is 0 Å². The van der Waals surface area contributed by atoms with Gasteiger partial charge in [-0.05, 0) is 37.8 Å². The number of hydrogen-bond donors (Lipinski definition) is 2. The van der Waals surface area contributed by atoms with E-state index in [0.717, 1.165) is 19.0 Å². The maximum absolute atomic E-state index is 12.9. The number of rotatable bonds is 4. The number of carbonyl (C=O) groups excluding carboxylic acids is 1. The van der Waals surface area contributed by atoms with Crippen molar-refractivity contribution in [1.29, 1.82) is 0 Å². The lowest BCUT2D eigenvalue weighted by Gasteiger charge is -2.16. The summed E-state index contributed by atoms with van der Waals surface area (Å²) in [4.78, 5) is 15.7. The first-order valence-corrected chi connectivity index (χ1v) is 7.37. The molecule has 1 saturated heterocycles. The van der Waals surface area contributed by atoms with E-state index >= 15 is 0 Å². The zero-order valence-corrected chi connectivity index (χ0v) is 12.6. The van der Waals surface area contributed by atoms with Crippen LogP contribution in [0.15, 0.2) is 12.3 Å². The normalized spacial score (nSPS) is 21.9. The van der Waals surface area contributed by atoms with Gasteiger partial charge < -0.3 is 10.6 Å². The molecule has 1 fully saturated rings. The number of halogens is 3. The third-order valence-corrected chi connectivity index (χ3v) is 3.93. The Bertz CT molecular complexity index is 545. The van der Waals surface area contributed by atoms with E-state index in [4.69, 9.17) is 0 Å². The highest BCUT2D eigenvalue weighted by atomic mass is 19.4. The fourth-order valence-corrected chi connectivity index (χ4v) is 2.67. The second-order valence-electron chi connectivity index (χ2n) is 5.60. The minimum atomic E-state index is -4.47. The average molecular weight is 315 g/mol. The molecule has 0 bridgehead atoms. The quantitative estimate of drug-likeness (QED) is 0.898. The number of alkyl halides is 3. The van der Waals surface area contributed by atoms with Crippen molar-refractivity contribution in [2.75, 3.05) is 0 Å². The molecule has 7 heteroatoms. The summed E-state index contributed by atoms with van der Waals surface area (Å²) in [6.45, 7) is 3.51. The summed E-state index contributed by atoms with van der Waals surface area (Å²) in [5.41, 5.74) is -0.273. The molecule has 0 saturated carbocycles. The number of carbonyl (C=O) groups is 1. The van der Waals surface area contributed by atoms with Crippen molar-refractivity contribution in [2.24, 2.45) is 0 Å². The molecule has 22 heavy (non-hydrogen) atoms. The van der Waals surface area contributed by atoms with Crippen LogP contribution in [0.1, 0.15) is 43.0 Å². The van der Waals surface area contributed by atoms with Gasteiger partial charge >= 0.3 is 6.18 Å². The van der Waals surface area contributed by atoms with E-state index in [0.29, 0.717) is 18.2 Å². The monoisotopic (exact) mass is 315 g/mol. The lowest BCUT2D eigenvalue weighted by molar-refractivity contribution is -0.138. The molecule has 122 valence electrons. The third-order valence-electron chi connectivity index (χ3n) is 3.93. The largest absolute Gasteiger partial charge is 0.418 e. The molecule has 2 atom stereocenters. The van der Waals surface area contributed by atoms with Gasteiger partial charge in [-0.3, -0.25) is 9.78 Å². The molecule has 0 spiro atoms. The van der Waals surface area contributed by atoms with Crippen LogP contribution in [-0.2, 0) is 17.5 Å². The Morgan fingerprint density at radius 2 is 2.18 bits per heavy atom. The van der Waals surface area contributed by atoms with Crippen LogP contribution in [0.4, 0.5) is 13.2 Å². The first kappa shape index (κ1) is 16.7. The van der Waals surface area contributed by atoms with Gasteiger partial charge in [0.25, 0.3) is 0 Å². The average Bonchev–Trinajstić information content (AvgIpc) is 2.92. The standard InChI is InChI=1S/C15H20F3N3O/c1-3-11-4-5-13(21-11)14(22)20-7-10-6-9(2)19-8-12(10)15(16,17)18/h6,8,11,13,21H,3-5,7H2,1-2H3,(H,20,22)/t11-,13?/m0/s1. The number of nitrogens with one attached hydrogen (secondary N) is 2. The lowest BCUT2D eigenvalue weighted by atomic mass is 10.1. The molecule has 1 amide bonds. The molecule has 1 aromatic heterocycles. The SMILES string of the molecule is CC[C@H]1CCC(C(=O)NCc2cc(C)ncc2C(F)(F)F)N1. The van der Waals surface area contributed by atoms with Gasteiger partial charge in [0, 0.05) is 24.5 Å². The van der Waals surface area contributed by atoms with Gasteiger partial charge in [0.2, 0.25) is 5.91 Å². The first-order valence-electron chi connectivity index (χ1n) is 7.37. The van der Waals surface area contributed by atoms with Crippen molar-refractivity contribution in [3.8, 4) is 0 Å². The fraction of sp³-hybridized carbons (Fsp3) is 0.600. The minimum absolute atomic E-state index is 0.0402. The van der Waals surface area contributed by atoms with Crippen LogP contribution >= 0.6 is 0 Å². The number of hydrogen-bond acceptors (Lipinski definition) is 3. The van der Waals surface area contributed by atoms with Crippen LogP contribution in [0.5, 0.6) is 0 Å². The molecular weight excluding hydrogens is 295 g/mol. The van der Waals surface area contributed by atoms with Crippen molar-refractivity contribution in [1.82, 2.24) is 15.6 Å². The summed E-state index contributed by atoms with van der Waals surface area (Å²) in [5.74, 6) is -0.251. The molecule has 0 aromatic carbocycles. The van der Waals surface area contributed by atoms with Crippen molar-refractivity contribution in [3.05, 3.63) is 29.1 Å². The molecule has 1 aromatic rings. The van der Waals surface area contributed by atoms with Gasteiger partial charge in [-0.15, -0.1) is 0 Å². The topological polar surface area (TPSA) is 54.0 Å². The number of amides is 1. The first-order chi connectivity index (χ1) is 10.3. The highest BCUT2D eigenvalue weighted by Gasteiger charge is 2.34. The van der Waals surface area contributed by atoms with Crippen molar-refractivity contribution in [2.45, 2.75) is 57.9 Å². The van der Waals surface area contributed by atoms with Crippen LogP contribution in [0.2, 0.25) is 0 Å². The summed E-state index contributed by atoms with van der Waals surface area (Å²) in [6.07, 6.45) is -1.09. The smallest absolute Gasteiger partial charge is 0.351 e. The number of pyridine rings is 1. The Morgan fingerprint density at radius 3 is 2.77 bits per heavy atom. The van der Waals surface area contributed by atoms with Crippen LogP contribution in [0.3, 0.4) is 0 Å². The number of nitrogens with zero attached hydrogens (tertiary/aromatic N) is 1. The van der Waals surface area contributed by atoms with E-state index in [1.54, 1.807) is 6.92 Å². The van der Waals surface area contributed by atoms with E-state index in [-0.39, 0.29) is 24.1 Å². The third kappa shape index (κ3) is 3.97. The Kier molecular flexibility index (Phi) is 5.05. The number of aryl methyl sites for hydroxylation is 1. The van der Waals surface area contributed by atoms with E-state index in [1.165, 1.54) is 6.07 Å². The molecular formula is C15H20F3N3O. The minimum Gasteiger partial charge on any atom is -0.351 e. The van der Waals surface area contributed by atoms with E-state index in [2.05, 4.69) is 15.6 Å². The molecule has 4 nitrogen and oxygen atoms in total. The highest BCUT2D eigenvalue weighted by molar-refractivity contribution is 5.82. The lowest BCUT2D eigenvalue weighted by Crippen LogP contribution is -2.42. The van der Waals surface area contributed by atoms with Gasteiger partial charge in [-0.2, -0.15) is 13.2 Å². The van der Waals surface area contributed by atoms with Crippen molar-refractivity contribution in [3.63, 3.8) is 0 Å². The Balaban J connectivity index is 2.02. The zero-order chi connectivity index (χ0) is 16.3. The zero-order valence-electron chi connectivity index (χ0n) is 12.6. The predicted molar refractivity (Wildman–Crippen MR) is 76.1 cm³/mol. The number of aromatic nitrogens is 1. The summed E-state index contributed by atoms with van der Waals surface area (Å²) in [7, 11) is 0. The molecule has 2 heterocycles. The van der Waals surface area contributed by atoms with Crippen LogP contribution in [-0.4, -0.2) is 23.0 Å². The van der Waals surface area contributed by atoms with Gasteiger partial charge in [-0.1, -0.05) is 6.92 Å². The van der Waals surface area contributed by atoms with Gasteiger partial charge in [-0.25, -0.2) is 0 Å². The van der Waals surface area contributed by atoms with Crippen LogP contribution in [0, 0.1) is 6.92 Å². The molecule has 1 unspecified atom stereocenters. The van der Waals surface area contributed by atoms with Gasteiger partial charge in [0.1, 0.15) is 0 Å². The van der Waals surface area contributed by atoms with Gasteiger partial charge in [0.15, 0.2) is 0 Å². The van der Waals surface area contributed by atoms with Crippen molar-refractivity contribution < 1.29 is 18.0 Å². The molecule has 1 aliphatic rings. The summed E-state index contributed by atoms with van der Waals surface area (Å²) >= 11 is 0. The van der Waals surface area contributed by atoms with Crippen molar-refractivity contribution >= 4 is 5.91 Å². The Labute approximate surface area is 127 Å².